The van der Waals surface area contributed by atoms with Gasteiger partial charge in [0.2, 0.25) is 11.4 Å². The largest absolute Gasteiger partial charge is 0.504 e. The van der Waals surface area contributed by atoms with Crippen molar-refractivity contribution in [2.75, 3.05) is 6.61 Å². The molecule has 100 valence electrons. The Morgan fingerprint density at radius 2 is 2.22 bits per heavy atom. The monoisotopic (exact) mass is 254 g/mol. The van der Waals surface area contributed by atoms with Crippen molar-refractivity contribution < 1.29 is 24.3 Å². The molecule has 0 atom stereocenters. The van der Waals surface area contributed by atoms with E-state index in [-0.39, 0.29) is 12.2 Å². The van der Waals surface area contributed by atoms with Crippen LogP contribution < -0.4 is 9.30 Å². The summed E-state index contributed by atoms with van der Waals surface area (Å²) in [6, 6.07) is 1.52. The van der Waals surface area contributed by atoms with Gasteiger partial charge in [0.05, 0.1) is 6.61 Å². The summed E-state index contributed by atoms with van der Waals surface area (Å²) in [6.07, 6.45) is 3.65. The summed E-state index contributed by atoms with van der Waals surface area (Å²) in [5.74, 6) is -0.310. The third-order valence-electron chi connectivity index (χ3n) is 2.72. The molecule has 0 unspecified atom stereocenters. The van der Waals surface area contributed by atoms with Gasteiger partial charge >= 0.3 is 5.97 Å². The summed E-state index contributed by atoms with van der Waals surface area (Å²) in [5, 5.41) is 18.4. The highest BCUT2D eigenvalue weighted by atomic mass is 16.5. The van der Waals surface area contributed by atoms with Crippen molar-refractivity contribution >= 4 is 5.97 Å². The van der Waals surface area contributed by atoms with Crippen molar-refractivity contribution in [2.24, 2.45) is 0 Å². The summed E-state index contributed by atoms with van der Waals surface area (Å²) in [7, 11) is 0. The number of hydrogen-bond donors (Lipinski definition) is 2. The smallest absolute Gasteiger partial charge is 0.309 e. The topological polar surface area (TPSA) is 70.6 Å². The van der Waals surface area contributed by atoms with Crippen molar-refractivity contribution in [3.63, 3.8) is 0 Å². The molecule has 0 aromatic carbocycles. The number of nitrogens with zero attached hydrogens (tertiary/aromatic N) is 1. The van der Waals surface area contributed by atoms with E-state index >= 15 is 0 Å². The first-order chi connectivity index (χ1) is 8.56. The molecular formula is C13H20NO4+. The van der Waals surface area contributed by atoms with Crippen LogP contribution in [0.3, 0.4) is 0 Å². The van der Waals surface area contributed by atoms with Crippen LogP contribution in [0.5, 0.6) is 11.5 Å². The van der Waals surface area contributed by atoms with Crippen molar-refractivity contribution in [3.8, 4) is 11.5 Å². The maximum absolute atomic E-state index is 10.6. The Bertz CT molecular complexity index is 418. The van der Waals surface area contributed by atoms with Crippen molar-refractivity contribution in [1.29, 1.82) is 0 Å². The molecule has 2 N–H and O–H groups in total. The second-order valence-electron chi connectivity index (χ2n) is 4.15. The van der Waals surface area contributed by atoms with E-state index in [1.165, 1.54) is 6.07 Å². The minimum Gasteiger partial charge on any atom is -0.504 e. The highest BCUT2D eigenvalue weighted by Crippen LogP contribution is 2.27. The number of carboxylic acid groups (broad SMARTS) is 1. The van der Waals surface area contributed by atoms with Crippen molar-refractivity contribution in [1.82, 2.24) is 0 Å². The Morgan fingerprint density at radius 1 is 1.50 bits per heavy atom. The van der Waals surface area contributed by atoms with E-state index in [4.69, 9.17) is 9.84 Å². The summed E-state index contributed by atoms with van der Waals surface area (Å²) < 4.78 is 7.31. The number of ether oxygens (including phenoxy) is 1. The molecule has 0 aliphatic rings. The van der Waals surface area contributed by atoms with Crippen LogP contribution in [0, 0.1) is 6.92 Å². The van der Waals surface area contributed by atoms with E-state index in [1.54, 1.807) is 10.8 Å². The second kappa shape index (κ2) is 6.83. The van der Waals surface area contributed by atoms with Crippen LogP contribution in [0.2, 0.25) is 0 Å². The average molecular weight is 254 g/mol. The Morgan fingerprint density at radius 3 is 2.83 bits per heavy atom. The molecule has 18 heavy (non-hydrogen) atoms. The van der Waals surface area contributed by atoms with Crippen molar-refractivity contribution in [2.45, 2.75) is 39.7 Å². The molecule has 0 amide bonds. The molecule has 0 spiro atoms. The van der Waals surface area contributed by atoms with Gasteiger partial charge in [-0.25, -0.2) is 0 Å². The predicted molar refractivity (Wildman–Crippen MR) is 65.7 cm³/mol. The molecule has 0 saturated heterocycles. The standard InChI is InChI=1S/C13H19NO4/c1-3-4-9-18-13-10(2)14(7-5-11(13)15)8-6-12(16)17/h5,7H,3-4,6,8-9H2,1-2H3,(H,16,17)/p+1. The Labute approximate surface area is 107 Å². The van der Waals surface area contributed by atoms with Gasteiger partial charge in [0.1, 0.15) is 6.42 Å². The second-order valence-corrected chi connectivity index (χ2v) is 4.15. The minimum absolute atomic E-state index is 0.0463. The molecule has 1 aromatic heterocycles. The number of aliphatic carboxylic acids is 1. The number of carbonyl (C=O) groups is 1. The van der Waals surface area contributed by atoms with Crippen LogP contribution in [0.15, 0.2) is 12.3 Å². The lowest BCUT2D eigenvalue weighted by molar-refractivity contribution is -0.702. The van der Waals surface area contributed by atoms with Gasteiger partial charge in [-0.2, -0.15) is 4.57 Å². The SMILES string of the molecule is CCCCOc1c(O)cc[n+](CCC(=O)O)c1C. The van der Waals surface area contributed by atoms with E-state index in [2.05, 4.69) is 6.92 Å². The van der Waals surface area contributed by atoms with Gasteiger partial charge in [0, 0.05) is 13.0 Å². The van der Waals surface area contributed by atoms with Gasteiger partial charge in [-0.1, -0.05) is 13.3 Å². The number of hydrogen-bond acceptors (Lipinski definition) is 3. The molecule has 0 radical (unpaired) electrons. The Balaban J connectivity index is 2.81. The molecule has 5 nitrogen and oxygen atoms in total. The quantitative estimate of drug-likeness (QED) is 0.573. The number of unbranched alkanes of at least 4 members (excludes halogenated alkanes) is 1. The fourth-order valence-corrected chi connectivity index (χ4v) is 1.62. The number of aromatic nitrogens is 1. The molecule has 0 fully saturated rings. The zero-order valence-electron chi connectivity index (χ0n) is 10.8. The fourth-order valence-electron chi connectivity index (χ4n) is 1.62. The highest BCUT2D eigenvalue weighted by molar-refractivity contribution is 5.66. The molecule has 1 heterocycles. The van der Waals surface area contributed by atoms with Crippen LogP contribution in [0.1, 0.15) is 31.9 Å². The van der Waals surface area contributed by atoms with Crippen LogP contribution >= 0.6 is 0 Å². The maximum atomic E-state index is 10.6. The third kappa shape index (κ3) is 3.91. The molecular weight excluding hydrogens is 234 g/mol. The van der Waals surface area contributed by atoms with E-state index in [0.717, 1.165) is 18.5 Å². The average Bonchev–Trinajstić information content (AvgIpc) is 2.32. The zero-order valence-corrected chi connectivity index (χ0v) is 10.8. The number of aryl methyl sites for hydroxylation is 1. The highest BCUT2D eigenvalue weighted by Gasteiger charge is 2.18. The van der Waals surface area contributed by atoms with Gasteiger partial charge in [-0.15, -0.1) is 0 Å². The summed E-state index contributed by atoms with van der Waals surface area (Å²) in [5.41, 5.74) is 0.743. The first-order valence-corrected chi connectivity index (χ1v) is 6.12. The number of carboxylic acids is 1. The first-order valence-electron chi connectivity index (χ1n) is 6.12. The Hall–Kier alpha value is -1.78. The zero-order chi connectivity index (χ0) is 13.5. The number of pyridine rings is 1. The minimum atomic E-state index is -0.844. The molecule has 0 bridgehead atoms. The van der Waals surface area contributed by atoms with Crippen molar-refractivity contribution in [3.05, 3.63) is 18.0 Å². The lowest BCUT2D eigenvalue weighted by atomic mass is 10.3. The molecule has 0 aliphatic carbocycles. The van der Waals surface area contributed by atoms with E-state index in [9.17, 15) is 9.90 Å². The predicted octanol–water partition coefficient (Wildman–Crippen LogP) is 1.64. The molecule has 0 aliphatic heterocycles. The normalized spacial score (nSPS) is 10.3. The summed E-state index contributed by atoms with van der Waals surface area (Å²) >= 11 is 0. The van der Waals surface area contributed by atoms with Gasteiger partial charge in [-0.3, -0.25) is 4.79 Å². The summed E-state index contributed by atoms with van der Waals surface area (Å²) in [6.45, 7) is 4.79. The fraction of sp³-hybridized carbons (Fsp3) is 0.538. The lowest BCUT2D eigenvalue weighted by Crippen LogP contribution is -2.38. The third-order valence-corrected chi connectivity index (χ3v) is 2.72. The lowest BCUT2D eigenvalue weighted by Gasteiger charge is -2.09. The van der Waals surface area contributed by atoms with Gasteiger partial charge in [0.25, 0.3) is 0 Å². The number of rotatable bonds is 7. The molecule has 1 rings (SSSR count). The molecule has 5 heteroatoms. The van der Waals surface area contributed by atoms with Crippen LogP contribution in [0.25, 0.3) is 0 Å². The van der Waals surface area contributed by atoms with Crippen LogP contribution in [0.4, 0.5) is 0 Å². The van der Waals surface area contributed by atoms with E-state index in [1.807, 2.05) is 6.92 Å². The molecule has 0 saturated carbocycles. The van der Waals surface area contributed by atoms with E-state index < -0.39 is 5.97 Å². The first kappa shape index (κ1) is 14.3. The van der Waals surface area contributed by atoms with E-state index in [0.29, 0.717) is 18.9 Å². The maximum Gasteiger partial charge on any atom is 0.309 e. The van der Waals surface area contributed by atoms with Gasteiger partial charge in [-0.05, 0) is 6.42 Å². The van der Waals surface area contributed by atoms with Crippen LogP contribution in [-0.2, 0) is 11.3 Å². The summed E-state index contributed by atoms with van der Waals surface area (Å²) in [4.78, 5) is 10.6. The number of aromatic hydroxyl groups is 1. The molecule has 1 aromatic rings. The van der Waals surface area contributed by atoms with Gasteiger partial charge in [0.15, 0.2) is 18.5 Å². The van der Waals surface area contributed by atoms with Crippen LogP contribution in [-0.4, -0.2) is 22.8 Å². The van der Waals surface area contributed by atoms with Gasteiger partial charge < -0.3 is 14.9 Å². The Kier molecular flexibility index (Phi) is 5.42.